The SMILES string of the molecule is COc1cccc2c1CCC[C@H]2CN(C)CCc1ccc2ccncc2c1.CS(=O)(=O)O. The van der Waals surface area contributed by atoms with E-state index in [9.17, 15) is 8.42 Å². The van der Waals surface area contributed by atoms with Crippen molar-refractivity contribution in [2.24, 2.45) is 0 Å². The number of hydrogen-bond acceptors (Lipinski definition) is 5. The van der Waals surface area contributed by atoms with Gasteiger partial charge in [-0.2, -0.15) is 8.42 Å². The van der Waals surface area contributed by atoms with Crippen LogP contribution in [0.1, 0.15) is 35.4 Å². The van der Waals surface area contributed by atoms with Gasteiger partial charge in [0.2, 0.25) is 0 Å². The molecule has 172 valence electrons. The van der Waals surface area contributed by atoms with Crippen LogP contribution in [0.2, 0.25) is 0 Å². The highest BCUT2D eigenvalue weighted by Gasteiger charge is 2.23. The third-order valence-electron chi connectivity index (χ3n) is 5.83. The summed E-state index contributed by atoms with van der Waals surface area (Å²) in [7, 11) is 0.363. The first kappa shape index (κ1) is 24.2. The van der Waals surface area contributed by atoms with Gasteiger partial charge in [-0.1, -0.05) is 24.3 Å². The molecule has 1 heterocycles. The highest BCUT2D eigenvalue weighted by molar-refractivity contribution is 7.85. The van der Waals surface area contributed by atoms with Crippen LogP contribution in [0.25, 0.3) is 10.8 Å². The molecule has 1 atom stereocenters. The number of fused-ring (bicyclic) bond motifs is 2. The van der Waals surface area contributed by atoms with Gasteiger partial charge >= 0.3 is 0 Å². The third kappa shape index (κ3) is 7.02. The lowest BCUT2D eigenvalue weighted by molar-refractivity contribution is 0.299. The lowest BCUT2D eigenvalue weighted by Crippen LogP contribution is -2.28. The second kappa shape index (κ2) is 10.9. The van der Waals surface area contributed by atoms with Crippen molar-refractivity contribution in [3.05, 3.63) is 71.5 Å². The van der Waals surface area contributed by atoms with Crippen LogP contribution in [-0.2, 0) is 23.0 Å². The predicted octanol–water partition coefficient (Wildman–Crippen LogP) is 4.34. The van der Waals surface area contributed by atoms with Crippen LogP contribution in [-0.4, -0.2) is 56.4 Å². The van der Waals surface area contributed by atoms with Crippen molar-refractivity contribution < 1.29 is 17.7 Å². The quantitative estimate of drug-likeness (QED) is 0.556. The fraction of sp³-hybridized carbons (Fsp3) is 0.400. The van der Waals surface area contributed by atoms with Gasteiger partial charge in [0.15, 0.2) is 0 Å². The summed E-state index contributed by atoms with van der Waals surface area (Å²) in [6.45, 7) is 2.18. The van der Waals surface area contributed by atoms with E-state index in [1.807, 2.05) is 12.4 Å². The number of benzene rings is 2. The van der Waals surface area contributed by atoms with Crippen molar-refractivity contribution in [2.75, 3.05) is 33.5 Å². The van der Waals surface area contributed by atoms with E-state index in [1.165, 1.54) is 40.3 Å². The summed E-state index contributed by atoms with van der Waals surface area (Å²) in [5.41, 5.74) is 4.30. The number of likely N-dealkylation sites (N-methyl/N-ethyl adjacent to an activating group) is 1. The first-order valence-electron chi connectivity index (χ1n) is 10.8. The monoisotopic (exact) mass is 456 g/mol. The third-order valence-corrected chi connectivity index (χ3v) is 5.83. The maximum atomic E-state index is 9.19. The van der Waals surface area contributed by atoms with Crippen molar-refractivity contribution in [1.82, 2.24) is 9.88 Å². The van der Waals surface area contributed by atoms with Gasteiger partial charge in [-0.25, -0.2) is 0 Å². The van der Waals surface area contributed by atoms with Crippen LogP contribution in [0, 0.1) is 0 Å². The Balaban J connectivity index is 0.000000523. The Kier molecular flexibility index (Phi) is 8.23. The van der Waals surface area contributed by atoms with Gasteiger partial charge in [0.25, 0.3) is 10.1 Å². The molecule has 0 amide bonds. The smallest absolute Gasteiger partial charge is 0.261 e. The summed E-state index contributed by atoms with van der Waals surface area (Å²) in [4.78, 5) is 6.72. The molecule has 0 bridgehead atoms. The molecule has 32 heavy (non-hydrogen) atoms. The molecule has 1 aliphatic carbocycles. The van der Waals surface area contributed by atoms with Crippen molar-refractivity contribution in [3.8, 4) is 5.75 Å². The molecule has 7 heteroatoms. The van der Waals surface area contributed by atoms with Crippen molar-refractivity contribution in [2.45, 2.75) is 31.6 Å². The number of hydrogen-bond donors (Lipinski definition) is 1. The molecule has 3 aromatic rings. The van der Waals surface area contributed by atoms with Gasteiger partial charge < -0.3 is 9.64 Å². The largest absolute Gasteiger partial charge is 0.496 e. The molecule has 0 spiro atoms. The van der Waals surface area contributed by atoms with Crippen LogP contribution in [0.3, 0.4) is 0 Å². The minimum atomic E-state index is -3.67. The summed E-state index contributed by atoms with van der Waals surface area (Å²) in [5.74, 6) is 1.67. The molecule has 0 saturated heterocycles. The molecule has 1 aromatic heterocycles. The Morgan fingerprint density at radius 1 is 1.19 bits per heavy atom. The number of methoxy groups -OCH3 is 1. The number of ether oxygens (including phenoxy) is 1. The van der Waals surface area contributed by atoms with E-state index >= 15 is 0 Å². The van der Waals surface area contributed by atoms with Crippen molar-refractivity contribution in [3.63, 3.8) is 0 Å². The highest BCUT2D eigenvalue weighted by atomic mass is 32.2. The van der Waals surface area contributed by atoms with Gasteiger partial charge in [0.05, 0.1) is 13.4 Å². The lowest BCUT2D eigenvalue weighted by Gasteiger charge is -2.30. The molecule has 4 rings (SSSR count). The summed E-state index contributed by atoms with van der Waals surface area (Å²) in [5, 5.41) is 2.49. The van der Waals surface area contributed by atoms with E-state index in [4.69, 9.17) is 9.29 Å². The highest BCUT2D eigenvalue weighted by Crippen LogP contribution is 2.36. The summed E-state index contributed by atoms with van der Waals surface area (Å²) < 4.78 is 31.5. The number of rotatable bonds is 6. The predicted molar refractivity (Wildman–Crippen MR) is 129 cm³/mol. The number of pyridine rings is 1. The Hall–Kier alpha value is -2.48. The normalized spacial score (nSPS) is 15.7. The molecule has 0 fully saturated rings. The Morgan fingerprint density at radius 2 is 1.97 bits per heavy atom. The van der Waals surface area contributed by atoms with Gasteiger partial charge in [-0.3, -0.25) is 9.54 Å². The molecule has 0 radical (unpaired) electrons. The van der Waals surface area contributed by atoms with Crippen LogP contribution >= 0.6 is 0 Å². The molecule has 1 N–H and O–H groups in total. The average Bonchev–Trinajstić information content (AvgIpc) is 2.76. The molecule has 2 aromatic carbocycles. The molecular formula is C25H32N2O4S. The fourth-order valence-corrected chi connectivity index (χ4v) is 4.37. The maximum absolute atomic E-state index is 9.19. The topological polar surface area (TPSA) is 79.7 Å². The van der Waals surface area contributed by atoms with E-state index in [-0.39, 0.29) is 0 Å². The zero-order valence-electron chi connectivity index (χ0n) is 19.0. The van der Waals surface area contributed by atoms with Crippen molar-refractivity contribution in [1.29, 1.82) is 0 Å². The van der Waals surface area contributed by atoms with Crippen LogP contribution in [0.5, 0.6) is 5.75 Å². The molecule has 1 aliphatic rings. The van der Waals surface area contributed by atoms with E-state index < -0.39 is 10.1 Å². The molecule has 0 unspecified atom stereocenters. The second-order valence-corrected chi connectivity index (χ2v) is 9.89. The number of aromatic nitrogens is 1. The lowest BCUT2D eigenvalue weighted by atomic mass is 9.82. The molecule has 6 nitrogen and oxygen atoms in total. The maximum Gasteiger partial charge on any atom is 0.261 e. The zero-order chi connectivity index (χ0) is 23.1. The second-order valence-electron chi connectivity index (χ2n) is 8.42. The first-order valence-corrected chi connectivity index (χ1v) is 12.7. The Bertz CT molecular complexity index is 1140. The van der Waals surface area contributed by atoms with E-state index in [0.717, 1.165) is 31.7 Å². The minimum absolute atomic E-state index is 0.606. The van der Waals surface area contributed by atoms with Crippen LogP contribution in [0.15, 0.2) is 54.9 Å². The zero-order valence-corrected chi connectivity index (χ0v) is 19.8. The first-order chi connectivity index (χ1) is 15.2. The summed E-state index contributed by atoms with van der Waals surface area (Å²) in [6, 6.07) is 15.3. The minimum Gasteiger partial charge on any atom is -0.496 e. The fourth-order valence-electron chi connectivity index (χ4n) is 4.37. The van der Waals surface area contributed by atoms with Gasteiger partial charge in [-0.05, 0) is 78.9 Å². The summed E-state index contributed by atoms with van der Waals surface area (Å²) >= 11 is 0. The van der Waals surface area contributed by atoms with Gasteiger partial charge in [0, 0.05) is 30.9 Å². The van der Waals surface area contributed by atoms with Gasteiger partial charge in [0.1, 0.15) is 5.75 Å². The molecule has 0 aliphatic heterocycles. The standard InChI is InChI=1S/C24H28N2O.CH4O3S/c1-26(14-12-18-9-10-19-11-13-25-16-21(19)15-18)17-20-5-3-7-23-22(20)6-4-8-24(23)27-2;1-5(2,3)4/h4,6,8-11,13,15-16,20H,3,5,7,12,14,17H2,1-2H3;1H3,(H,2,3,4)/t20-;/m0./s1. The number of nitrogens with zero attached hydrogens (tertiary/aromatic N) is 2. The Morgan fingerprint density at radius 3 is 2.72 bits per heavy atom. The average molecular weight is 457 g/mol. The molecular weight excluding hydrogens is 424 g/mol. The van der Waals surface area contributed by atoms with E-state index in [2.05, 4.69) is 59.4 Å². The van der Waals surface area contributed by atoms with Gasteiger partial charge in [-0.15, -0.1) is 0 Å². The van der Waals surface area contributed by atoms with E-state index in [1.54, 1.807) is 7.11 Å². The molecule has 0 saturated carbocycles. The van der Waals surface area contributed by atoms with Crippen LogP contribution < -0.4 is 4.74 Å². The van der Waals surface area contributed by atoms with Crippen molar-refractivity contribution >= 4 is 20.9 Å². The Labute approximate surface area is 191 Å². The van der Waals surface area contributed by atoms with Crippen LogP contribution in [0.4, 0.5) is 0 Å². The summed E-state index contributed by atoms with van der Waals surface area (Å²) in [6.07, 6.45) is 9.26. The van der Waals surface area contributed by atoms with E-state index in [0.29, 0.717) is 12.2 Å².